The third-order valence-corrected chi connectivity index (χ3v) is 12.3. The Morgan fingerprint density at radius 2 is 1.07 bits per heavy atom. The highest BCUT2D eigenvalue weighted by atomic mass is 16.3. The lowest BCUT2D eigenvalue weighted by atomic mass is 9.81. The molecule has 0 radical (unpaired) electrons. The highest BCUT2D eigenvalue weighted by molar-refractivity contribution is 6.14. The predicted octanol–water partition coefficient (Wildman–Crippen LogP) is 13.8. The summed E-state index contributed by atoms with van der Waals surface area (Å²) in [6, 6.07) is 64.0. The van der Waals surface area contributed by atoms with Crippen LogP contribution in [-0.4, -0.2) is 19.5 Å². The van der Waals surface area contributed by atoms with Crippen molar-refractivity contribution in [1.82, 2.24) is 19.5 Å². The molecule has 0 bridgehead atoms. The van der Waals surface area contributed by atoms with Crippen molar-refractivity contribution >= 4 is 43.7 Å². The summed E-state index contributed by atoms with van der Waals surface area (Å²) >= 11 is 0. The van der Waals surface area contributed by atoms with Gasteiger partial charge in [0.15, 0.2) is 11.6 Å². The van der Waals surface area contributed by atoms with Crippen LogP contribution >= 0.6 is 0 Å². The van der Waals surface area contributed by atoms with Gasteiger partial charge >= 0.3 is 0 Å². The fraction of sp³-hybridized carbons (Fsp3) is 0.0556. The van der Waals surface area contributed by atoms with Gasteiger partial charge in [-0.2, -0.15) is 9.97 Å². The highest BCUT2D eigenvalue weighted by Gasteiger charge is 2.38. The fourth-order valence-electron chi connectivity index (χ4n) is 9.61. The third kappa shape index (κ3) is 5.01. The Morgan fingerprint density at radius 1 is 0.441 bits per heavy atom. The van der Waals surface area contributed by atoms with Gasteiger partial charge in [0.2, 0.25) is 5.95 Å². The molecule has 12 rings (SSSR count). The summed E-state index contributed by atoms with van der Waals surface area (Å²) in [7, 11) is 0. The number of furan rings is 1. The molecule has 3 aromatic heterocycles. The molecule has 0 fully saturated rings. The third-order valence-electron chi connectivity index (χ3n) is 12.3. The number of para-hydroxylation sites is 2. The minimum Gasteiger partial charge on any atom is -0.456 e. The average Bonchev–Trinajstić information content (AvgIpc) is 3.92. The van der Waals surface area contributed by atoms with Gasteiger partial charge in [-0.25, -0.2) is 4.98 Å². The van der Waals surface area contributed by atoms with Crippen molar-refractivity contribution in [3.8, 4) is 62.1 Å². The Morgan fingerprint density at radius 3 is 1.93 bits per heavy atom. The minimum absolute atomic E-state index is 0.270. The Labute approximate surface area is 340 Å². The van der Waals surface area contributed by atoms with E-state index in [9.17, 15) is 0 Å². The number of nitrogens with zero attached hydrogens (tertiary/aromatic N) is 4. The van der Waals surface area contributed by atoms with E-state index in [0.717, 1.165) is 66.2 Å². The van der Waals surface area contributed by atoms with Gasteiger partial charge in [-0.15, -0.1) is 0 Å². The molecule has 8 aromatic carbocycles. The zero-order valence-corrected chi connectivity index (χ0v) is 32.5. The van der Waals surface area contributed by atoms with Crippen LogP contribution in [0.1, 0.15) is 25.0 Å². The largest absolute Gasteiger partial charge is 0.456 e. The molecular formula is C54H36N4O. The lowest BCUT2D eigenvalue weighted by Gasteiger charge is -2.23. The van der Waals surface area contributed by atoms with Crippen molar-refractivity contribution in [1.29, 1.82) is 0 Å². The Balaban J connectivity index is 1.18. The molecule has 0 atom stereocenters. The normalized spacial score (nSPS) is 13.1. The zero-order chi connectivity index (χ0) is 39.2. The molecule has 59 heavy (non-hydrogen) atoms. The quantitative estimate of drug-likeness (QED) is 0.175. The topological polar surface area (TPSA) is 56.7 Å². The first kappa shape index (κ1) is 33.5. The van der Waals surface area contributed by atoms with E-state index in [4.69, 9.17) is 19.4 Å². The summed E-state index contributed by atoms with van der Waals surface area (Å²) in [5, 5.41) is 4.33. The average molecular weight is 757 g/mol. The molecule has 0 saturated heterocycles. The Bertz CT molecular complexity index is 3480. The van der Waals surface area contributed by atoms with Gasteiger partial charge in [-0.3, -0.25) is 4.57 Å². The SMILES string of the molecule is CC1(C)c2ccccc2-c2ccc3c4ccccc4n(-c4nc(-c5ccccc5-c5cccc(-c6ccccc6)c5)nc(-c5cccc6oc7ccccc7c56)n4)c3c21. The second-order valence-corrected chi connectivity index (χ2v) is 16.0. The summed E-state index contributed by atoms with van der Waals surface area (Å²) in [5.74, 6) is 1.74. The van der Waals surface area contributed by atoms with Crippen LogP contribution in [0.2, 0.25) is 0 Å². The molecule has 1 aliphatic rings. The van der Waals surface area contributed by atoms with Crippen molar-refractivity contribution in [3.63, 3.8) is 0 Å². The van der Waals surface area contributed by atoms with E-state index in [1.807, 2.05) is 24.3 Å². The molecule has 1 aliphatic carbocycles. The van der Waals surface area contributed by atoms with E-state index in [1.165, 1.54) is 33.2 Å². The van der Waals surface area contributed by atoms with E-state index in [2.05, 4.69) is 176 Å². The van der Waals surface area contributed by atoms with Gasteiger partial charge in [0, 0.05) is 38.1 Å². The molecule has 0 unspecified atom stereocenters. The maximum Gasteiger partial charge on any atom is 0.238 e. The first-order chi connectivity index (χ1) is 29.0. The molecule has 0 saturated carbocycles. The summed E-state index contributed by atoms with van der Waals surface area (Å²) in [5.41, 5.74) is 14.9. The van der Waals surface area contributed by atoms with E-state index in [-0.39, 0.29) is 5.41 Å². The van der Waals surface area contributed by atoms with Gasteiger partial charge in [0.05, 0.1) is 11.0 Å². The van der Waals surface area contributed by atoms with Crippen LogP contribution in [0.15, 0.2) is 186 Å². The summed E-state index contributed by atoms with van der Waals surface area (Å²) in [6.07, 6.45) is 0. The summed E-state index contributed by atoms with van der Waals surface area (Å²) in [6.45, 7) is 4.68. The maximum atomic E-state index is 6.40. The van der Waals surface area contributed by atoms with Crippen LogP contribution < -0.4 is 0 Å². The minimum atomic E-state index is -0.270. The van der Waals surface area contributed by atoms with Crippen LogP contribution in [0.3, 0.4) is 0 Å². The second-order valence-electron chi connectivity index (χ2n) is 16.0. The van der Waals surface area contributed by atoms with Gasteiger partial charge in [-0.1, -0.05) is 172 Å². The first-order valence-corrected chi connectivity index (χ1v) is 20.1. The predicted molar refractivity (Wildman–Crippen MR) is 241 cm³/mol. The molecule has 0 spiro atoms. The fourth-order valence-corrected chi connectivity index (χ4v) is 9.61. The smallest absolute Gasteiger partial charge is 0.238 e. The summed E-state index contributed by atoms with van der Waals surface area (Å²) < 4.78 is 8.69. The van der Waals surface area contributed by atoms with Crippen LogP contribution in [0.25, 0.3) is 106 Å². The van der Waals surface area contributed by atoms with E-state index in [0.29, 0.717) is 17.6 Å². The maximum absolute atomic E-state index is 6.40. The molecule has 3 heterocycles. The highest BCUT2D eigenvalue weighted by Crippen LogP contribution is 2.53. The molecule has 0 N–H and O–H groups in total. The van der Waals surface area contributed by atoms with Crippen molar-refractivity contribution in [3.05, 3.63) is 193 Å². The Kier molecular flexibility index (Phi) is 7.20. The van der Waals surface area contributed by atoms with Gasteiger partial charge in [-0.05, 0) is 68.8 Å². The molecule has 11 aromatic rings. The molecule has 0 aliphatic heterocycles. The van der Waals surface area contributed by atoms with E-state index in [1.54, 1.807) is 0 Å². The zero-order valence-electron chi connectivity index (χ0n) is 32.5. The van der Waals surface area contributed by atoms with Crippen molar-refractivity contribution in [2.75, 3.05) is 0 Å². The number of hydrogen-bond acceptors (Lipinski definition) is 4. The van der Waals surface area contributed by atoms with Gasteiger partial charge in [0.25, 0.3) is 0 Å². The molecular weight excluding hydrogens is 721 g/mol. The number of rotatable bonds is 5. The lowest BCUT2D eigenvalue weighted by molar-refractivity contribution is 0.663. The monoisotopic (exact) mass is 756 g/mol. The molecule has 5 nitrogen and oxygen atoms in total. The molecule has 278 valence electrons. The molecule has 0 amide bonds. The first-order valence-electron chi connectivity index (χ1n) is 20.1. The summed E-state index contributed by atoms with van der Waals surface area (Å²) in [4.78, 5) is 16.4. The van der Waals surface area contributed by atoms with Gasteiger partial charge in [0.1, 0.15) is 11.2 Å². The van der Waals surface area contributed by atoms with Crippen LogP contribution in [0.5, 0.6) is 0 Å². The van der Waals surface area contributed by atoms with Crippen molar-refractivity contribution in [2.24, 2.45) is 0 Å². The van der Waals surface area contributed by atoms with Crippen LogP contribution in [0, 0.1) is 0 Å². The van der Waals surface area contributed by atoms with Crippen molar-refractivity contribution in [2.45, 2.75) is 19.3 Å². The number of aromatic nitrogens is 4. The van der Waals surface area contributed by atoms with Gasteiger partial charge < -0.3 is 4.42 Å². The van der Waals surface area contributed by atoms with Crippen molar-refractivity contribution < 1.29 is 4.42 Å². The lowest BCUT2D eigenvalue weighted by Crippen LogP contribution is -2.17. The number of hydrogen-bond donors (Lipinski definition) is 0. The number of fused-ring (bicyclic) bond motifs is 10. The van der Waals surface area contributed by atoms with E-state index >= 15 is 0 Å². The number of benzene rings is 8. The standard InChI is InChI=1S/C54H36N4O/c1-54(2)44-26-11-8-21-37(44)39-30-31-40-38-22-9-12-27-45(38)58(50(40)49(39)54)53-56-51(55-52(57-53)43-25-15-29-47-48(43)42-24-10-13-28-46(42)59-47)41-23-7-6-20-36(41)35-19-14-18-34(32-35)33-16-4-3-5-17-33/h3-32H,1-2H3. The Hall–Kier alpha value is -7.63. The molecule has 5 heteroatoms. The van der Waals surface area contributed by atoms with Crippen LogP contribution in [0.4, 0.5) is 0 Å². The van der Waals surface area contributed by atoms with E-state index < -0.39 is 0 Å². The van der Waals surface area contributed by atoms with Crippen LogP contribution in [-0.2, 0) is 5.41 Å². The second kappa shape index (κ2) is 12.7.